The highest BCUT2D eigenvalue weighted by Gasteiger charge is 2.45. The van der Waals surface area contributed by atoms with Crippen molar-refractivity contribution in [3.63, 3.8) is 0 Å². The number of nitrogens with zero attached hydrogens (tertiary/aromatic N) is 3. The van der Waals surface area contributed by atoms with E-state index in [4.69, 9.17) is 4.84 Å². The molecule has 1 saturated heterocycles. The SMILES string of the molecule is Cc1cccc(NC(=O)N2CCC[C@]3(CC(C(=O)Nc4cccnc4)=NO3)C2)c1. The van der Waals surface area contributed by atoms with Crippen molar-refractivity contribution in [1.82, 2.24) is 9.88 Å². The van der Waals surface area contributed by atoms with E-state index in [1.807, 2.05) is 31.2 Å². The molecule has 2 aromatic rings. The fraction of sp³-hybridized carbons (Fsp3) is 0.333. The number of pyridine rings is 1. The Morgan fingerprint density at radius 1 is 1.17 bits per heavy atom. The van der Waals surface area contributed by atoms with Gasteiger partial charge in [-0.05, 0) is 49.6 Å². The predicted octanol–water partition coefficient (Wildman–Crippen LogP) is 3.17. The molecule has 3 heterocycles. The van der Waals surface area contributed by atoms with Gasteiger partial charge in [0.1, 0.15) is 5.71 Å². The number of hydrogen-bond acceptors (Lipinski definition) is 5. The largest absolute Gasteiger partial charge is 0.386 e. The fourth-order valence-electron chi connectivity index (χ4n) is 3.70. The zero-order valence-electron chi connectivity index (χ0n) is 16.2. The zero-order valence-corrected chi connectivity index (χ0v) is 16.2. The van der Waals surface area contributed by atoms with Crippen LogP contribution in [0.2, 0.25) is 0 Å². The average Bonchev–Trinajstić information content (AvgIpc) is 3.12. The quantitative estimate of drug-likeness (QED) is 0.837. The Hall–Kier alpha value is -3.42. The van der Waals surface area contributed by atoms with Gasteiger partial charge in [0.15, 0.2) is 5.60 Å². The Morgan fingerprint density at radius 2 is 2.03 bits per heavy atom. The summed E-state index contributed by atoms with van der Waals surface area (Å²) in [4.78, 5) is 36.6. The van der Waals surface area contributed by atoms with E-state index in [9.17, 15) is 9.59 Å². The van der Waals surface area contributed by atoms with Crippen molar-refractivity contribution in [2.45, 2.75) is 31.8 Å². The van der Waals surface area contributed by atoms with Crippen LogP contribution in [0.5, 0.6) is 0 Å². The highest BCUT2D eigenvalue weighted by Crippen LogP contribution is 2.34. The van der Waals surface area contributed by atoms with Crippen molar-refractivity contribution in [1.29, 1.82) is 0 Å². The molecule has 8 heteroatoms. The third-order valence-electron chi connectivity index (χ3n) is 5.12. The summed E-state index contributed by atoms with van der Waals surface area (Å²) < 4.78 is 0. The number of urea groups is 1. The van der Waals surface area contributed by atoms with Gasteiger partial charge < -0.3 is 20.4 Å². The first-order chi connectivity index (χ1) is 14.0. The van der Waals surface area contributed by atoms with E-state index in [2.05, 4.69) is 20.8 Å². The number of carbonyl (C=O) groups is 2. The predicted molar refractivity (Wildman–Crippen MR) is 110 cm³/mol. The number of aromatic nitrogens is 1. The highest BCUT2D eigenvalue weighted by atomic mass is 16.7. The standard InChI is InChI=1S/C21H23N5O3/c1-15-5-2-6-16(11-15)24-20(28)26-10-4-8-21(14-26)12-18(25-29-21)19(27)23-17-7-3-9-22-13-17/h2-3,5-7,9,11,13H,4,8,10,12,14H2,1H3,(H,23,27)(H,24,28)/t21-/m0/s1. The van der Waals surface area contributed by atoms with E-state index < -0.39 is 5.60 Å². The minimum Gasteiger partial charge on any atom is -0.386 e. The average molecular weight is 393 g/mol. The van der Waals surface area contributed by atoms with E-state index in [1.165, 1.54) is 0 Å². The molecule has 150 valence electrons. The van der Waals surface area contributed by atoms with Gasteiger partial charge in [-0.2, -0.15) is 0 Å². The molecule has 2 N–H and O–H groups in total. The lowest BCUT2D eigenvalue weighted by molar-refractivity contribution is -0.110. The second-order valence-electron chi connectivity index (χ2n) is 7.51. The van der Waals surface area contributed by atoms with Crippen LogP contribution >= 0.6 is 0 Å². The van der Waals surface area contributed by atoms with Crippen molar-refractivity contribution < 1.29 is 14.4 Å². The molecule has 1 aromatic carbocycles. The lowest BCUT2D eigenvalue weighted by Gasteiger charge is -2.38. The first kappa shape index (κ1) is 18.9. The summed E-state index contributed by atoms with van der Waals surface area (Å²) in [7, 11) is 0. The van der Waals surface area contributed by atoms with Crippen LogP contribution < -0.4 is 10.6 Å². The van der Waals surface area contributed by atoms with Crippen molar-refractivity contribution >= 4 is 29.0 Å². The number of aryl methyl sites for hydroxylation is 1. The zero-order chi connectivity index (χ0) is 20.3. The van der Waals surface area contributed by atoms with Gasteiger partial charge in [0, 0.05) is 24.8 Å². The molecule has 1 spiro atoms. The summed E-state index contributed by atoms with van der Waals surface area (Å²) in [5.74, 6) is -0.309. The maximum atomic E-state index is 12.7. The molecule has 4 rings (SSSR count). The number of carbonyl (C=O) groups excluding carboxylic acids is 2. The molecule has 0 unspecified atom stereocenters. The molecule has 0 radical (unpaired) electrons. The Bertz CT molecular complexity index is 946. The van der Waals surface area contributed by atoms with Gasteiger partial charge in [0.2, 0.25) is 0 Å². The molecule has 1 aromatic heterocycles. The van der Waals surface area contributed by atoms with Gasteiger partial charge in [-0.3, -0.25) is 9.78 Å². The van der Waals surface area contributed by atoms with Crippen LogP contribution in [0.3, 0.4) is 0 Å². The second-order valence-corrected chi connectivity index (χ2v) is 7.51. The monoisotopic (exact) mass is 393 g/mol. The normalized spacial score (nSPS) is 20.7. The molecule has 1 fully saturated rings. The number of nitrogens with one attached hydrogen (secondary N) is 2. The van der Waals surface area contributed by atoms with E-state index in [-0.39, 0.29) is 11.9 Å². The molecule has 1 atom stereocenters. The van der Waals surface area contributed by atoms with E-state index in [1.54, 1.807) is 29.4 Å². The van der Waals surface area contributed by atoms with Gasteiger partial charge in [-0.1, -0.05) is 17.3 Å². The molecule has 0 saturated carbocycles. The van der Waals surface area contributed by atoms with Crippen molar-refractivity contribution in [3.05, 3.63) is 54.4 Å². The molecule has 29 heavy (non-hydrogen) atoms. The minimum atomic E-state index is -0.649. The van der Waals surface area contributed by atoms with Crippen molar-refractivity contribution in [2.24, 2.45) is 5.16 Å². The highest BCUT2D eigenvalue weighted by molar-refractivity contribution is 6.43. The number of hydrogen-bond donors (Lipinski definition) is 2. The molecule has 2 aliphatic rings. The van der Waals surface area contributed by atoms with Crippen LogP contribution in [0.15, 0.2) is 53.9 Å². The summed E-state index contributed by atoms with van der Waals surface area (Å²) in [5, 5.41) is 9.73. The number of oxime groups is 1. The minimum absolute atomic E-state index is 0.175. The second kappa shape index (κ2) is 7.90. The summed E-state index contributed by atoms with van der Waals surface area (Å²) in [5.41, 5.74) is 2.12. The summed E-state index contributed by atoms with van der Waals surface area (Å²) in [6.45, 7) is 3.01. The van der Waals surface area contributed by atoms with Crippen LogP contribution in [0.4, 0.5) is 16.2 Å². The van der Waals surface area contributed by atoms with Crippen LogP contribution in [-0.2, 0) is 9.63 Å². The Morgan fingerprint density at radius 3 is 2.83 bits per heavy atom. The third kappa shape index (κ3) is 4.37. The molecule has 2 aliphatic heterocycles. The number of rotatable bonds is 3. The molecule has 8 nitrogen and oxygen atoms in total. The number of anilines is 2. The maximum Gasteiger partial charge on any atom is 0.321 e. The van der Waals surface area contributed by atoms with Crippen LogP contribution in [0.1, 0.15) is 24.8 Å². The van der Waals surface area contributed by atoms with E-state index in [0.29, 0.717) is 30.9 Å². The summed E-state index contributed by atoms with van der Waals surface area (Å²) in [6, 6.07) is 11.0. The summed E-state index contributed by atoms with van der Waals surface area (Å²) >= 11 is 0. The molecular formula is C21H23N5O3. The lowest BCUT2D eigenvalue weighted by atomic mass is 9.88. The van der Waals surface area contributed by atoms with Gasteiger partial charge in [0.25, 0.3) is 5.91 Å². The van der Waals surface area contributed by atoms with E-state index >= 15 is 0 Å². The van der Waals surface area contributed by atoms with Crippen LogP contribution in [0.25, 0.3) is 0 Å². The van der Waals surface area contributed by atoms with E-state index in [0.717, 1.165) is 24.1 Å². The Kier molecular flexibility index (Phi) is 5.16. The molecule has 0 aliphatic carbocycles. The molecule has 3 amide bonds. The topological polar surface area (TPSA) is 95.9 Å². The van der Waals surface area contributed by atoms with Crippen LogP contribution in [-0.4, -0.2) is 46.2 Å². The number of amides is 3. The maximum absolute atomic E-state index is 12.7. The third-order valence-corrected chi connectivity index (χ3v) is 5.12. The molecular weight excluding hydrogens is 370 g/mol. The Labute approximate surface area is 168 Å². The smallest absolute Gasteiger partial charge is 0.321 e. The van der Waals surface area contributed by atoms with Crippen LogP contribution in [0, 0.1) is 6.92 Å². The van der Waals surface area contributed by atoms with Crippen molar-refractivity contribution in [3.8, 4) is 0 Å². The lowest BCUT2D eigenvalue weighted by Crippen LogP contribution is -2.52. The van der Waals surface area contributed by atoms with Gasteiger partial charge in [-0.15, -0.1) is 0 Å². The van der Waals surface area contributed by atoms with Gasteiger partial charge in [-0.25, -0.2) is 4.79 Å². The number of piperidine rings is 1. The molecule has 0 bridgehead atoms. The van der Waals surface area contributed by atoms with Gasteiger partial charge in [0.05, 0.1) is 18.4 Å². The van der Waals surface area contributed by atoms with Crippen molar-refractivity contribution in [2.75, 3.05) is 23.7 Å². The van der Waals surface area contributed by atoms with Gasteiger partial charge >= 0.3 is 6.03 Å². The Balaban J connectivity index is 1.37. The first-order valence-electron chi connectivity index (χ1n) is 9.62. The number of benzene rings is 1. The fourth-order valence-corrected chi connectivity index (χ4v) is 3.70. The first-order valence-corrected chi connectivity index (χ1v) is 9.62. The number of likely N-dealkylation sites (tertiary alicyclic amines) is 1. The summed E-state index contributed by atoms with van der Waals surface area (Å²) in [6.07, 6.45) is 5.11.